The predicted molar refractivity (Wildman–Crippen MR) is 106 cm³/mol. The molecule has 1 aromatic carbocycles. The highest BCUT2D eigenvalue weighted by molar-refractivity contribution is 7.92. The van der Waals surface area contributed by atoms with Gasteiger partial charge in [-0.2, -0.15) is 5.10 Å². The molecule has 11 nitrogen and oxygen atoms in total. The Kier molecular flexibility index (Phi) is 5.43. The fraction of sp³-hybridized carbons (Fsp3) is 0.294. The van der Waals surface area contributed by atoms with Crippen molar-refractivity contribution in [1.82, 2.24) is 19.4 Å². The van der Waals surface area contributed by atoms with Crippen LogP contribution in [0.3, 0.4) is 0 Å². The molecule has 2 aromatic heterocycles. The van der Waals surface area contributed by atoms with E-state index in [2.05, 4.69) is 10.1 Å². The summed E-state index contributed by atoms with van der Waals surface area (Å²) in [7, 11) is -4.58. The normalized spacial score (nSPS) is 12.1. The fourth-order valence-corrected chi connectivity index (χ4v) is 3.88. The maximum Gasteiger partial charge on any atom is 0.441 e. The van der Waals surface area contributed by atoms with Gasteiger partial charge in [-0.1, -0.05) is 4.41 Å². The van der Waals surface area contributed by atoms with E-state index in [0.29, 0.717) is 6.26 Å². The number of sulfonamides is 1. The molecule has 2 heterocycles. The highest BCUT2D eigenvalue weighted by atomic mass is 32.2. The van der Waals surface area contributed by atoms with E-state index < -0.39 is 43.8 Å². The van der Waals surface area contributed by atoms with Crippen molar-refractivity contribution in [3.63, 3.8) is 0 Å². The minimum Gasteiger partial charge on any atom is -0.463 e. The van der Waals surface area contributed by atoms with Crippen molar-refractivity contribution >= 4 is 27.0 Å². The number of H-pyrrole nitrogens is 1. The van der Waals surface area contributed by atoms with Crippen LogP contribution in [0.5, 0.6) is 0 Å². The molecule has 0 spiro atoms. The Morgan fingerprint density at radius 1 is 1.26 bits per heavy atom. The summed E-state index contributed by atoms with van der Waals surface area (Å²) < 4.78 is 52.2. The van der Waals surface area contributed by atoms with Crippen molar-refractivity contribution in [1.29, 1.82) is 0 Å². The highest BCUT2D eigenvalue weighted by Crippen LogP contribution is 2.34. The summed E-state index contributed by atoms with van der Waals surface area (Å²) in [4.78, 5) is 38.8. The summed E-state index contributed by atoms with van der Waals surface area (Å²) in [6.45, 7) is 3.53. The van der Waals surface area contributed by atoms with Crippen LogP contribution in [0.25, 0.3) is 22.2 Å². The molecule has 3 rings (SSSR count). The van der Waals surface area contributed by atoms with Crippen LogP contribution in [-0.2, 0) is 10.0 Å². The second-order valence-electron chi connectivity index (χ2n) is 6.88. The highest BCUT2D eigenvalue weighted by Gasteiger charge is 2.30. The van der Waals surface area contributed by atoms with Gasteiger partial charge in [-0.3, -0.25) is 9.48 Å². The Labute approximate surface area is 173 Å². The molecule has 14 heteroatoms. The Bertz CT molecular complexity index is 1410. The summed E-state index contributed by atoms with van der Waals surface area (Å²) in [5.74, 6) is 0. The first-order chi connectivity index (χ1) is 14.3. The largest absolute Gasteiger partial charge is 0.463 e. The molecule has 31 heavy (non-hydrogen) atoms. The fourth-order valence-electron chi connectivity index (χ4n) is 3.15. The second kappa shape index (κ2) is 7.61. The lowest BCUT2D eigenvalue weighted by molar-refractivity contribution is 0.152. The van der Waals surface area contributed by atoms with Gasteiger partial charge in [0, 0.05) is 23.4 Å². The van der Waals surface area contributed by atoms with Gasteiger partial charge in [-0.15, -0.1) is 4.68 Å². The lowest BCUT2D eigenvalue weighted by Gasteiger charge is -2.19. The smallest absolute Gasteiger partial charge is 0.441 e. The molecule has 0 radical (unpaired) electrons. The summed E-state index contributed by atoms with van der Waals surface area (Å²) >= 11 is 0. The molecule has 2 N–H and O–H groups in total. The van der Waals surface area contributed by atoms with Crippen LogP contribution in [-0.4, -0.2) is 45.3 Å². The number of amides is 1. The van der Waals surface area contributed by atoms with Crippen molar-refractivity contribution in [3.05, 3.63) is 50.8 Å². The van der Waals surface area contributed by atoms with Crippen LogP contribution in [0.2, 0.25) is 0 Å². The SMILES string of the molecule is CC(C)n1nccc1-c1cc2c(=O)n(N(C(=O)O)S(C)(=O)=O)c(=O)[nH]c2cc1C(F)F. The number of carbonyl (C=O) groups is 1. The maximum absolute atomic E-state index is 13.8. The molecule has 0 saturated heterocycles. The molecule has 0 atom stereocenters. The van der Waals surface area contributed by atoms with Gasteiger partial charge in [0.1, 0.15) is 0 Å². The summed E-state index contributed by atoms with van der Waals surface area (Å²) in [6.07, 6.45) is -3.21. The molecule has 0 bridgehead atoms. The average Bonchev–Trinajstić information content (AvgIpc) is 3.12. The van der Waals surface area contributed by atoms with E-state index in [4.69, 9.17) is 0 Å². The number of nitrogens with zero attached hydrogens (tertiary/aromatic N) is 4. The number of benzene rings is 1. The van der Waals surface area contributed by atoms with Crippen LogP contribution in [0.4, 0.5) is 13.6 Å². The molecule has 0 aliphatic heterocycles. The van der Waals surface area contributed by atoms with Crippen LogP contribution in [0.1, 0.15) is 31.9 Å². The van der Waals surface area contributed by atoms with Gasteiger partial charge in [0.25, 0.3) is 22.0 Å². The number of hydrogen-bond acceptors (Lipinski definition) is 6. The van der Waals surface area contributed by atoms with Crippen molar-refractivity contribution in [3.8, 4) is 11.3 Å². The van der Waals surface area contributed by atoms with Crippen molar-refractivity contribution in [2.45, 2.75) is 26.3 Å². The van der Waals surface area contributed by atoms with E-state index in [-0.39, 0.29) is 32.9 Å². The van der Waals surface area contributed by atoms with Gasteiger partial charge >= 0.3 is 11.8 Å². The number of aromatic amines is 1. The zero-order valence-corrected chi connectivity index (χ0v) is 17.2. The van der Waals surface area contributed by atoms with Gasteiger partial charge in [0.15, 0.2) is 0 Å². The zero-order chi connectivity index (χ0) is 23.2. The number of carboxylic acid groups (broad SMARTS) is 1. The van der Waals surface area contributed by atoms with Crippen LogP contribution >= 0.6 is 0 Å². The van der Waals surface area contributed by atoms with Gasteiger partial charge in [-0.05, 0) is 32.0 Å². The number of rotatable bonds is 5. The van der Waals surface area contributed by atoms with Gasteiger partial charge in [0.05, 0.1) is 22.9 Å². The average molecular weight is 457 g/mol. The zero-order valence-electron chi connectivity index (χ0n) is 16.4. The molecular weight excluding hydrogens is 440 g/mol. The predicted octanol–water partition coefficient (Wildman–Crippen LogP) is 1.65. The van der Waals surface area contributed by atoms with Crippen molar-refractivity contribution in [2.75, 3.05) is 10.7 Å². The molecule has 3 aromatic rings. The Hall–Kier alpha value is -3.55. The first-order valence-electron chi connectivity index (χ1n) is 8.73. The number of fused-ring (bicyclic) bond motifs is 1. The lowest BCUT2D eigenvalue weighted by atomic mass is 10.0. The van der Waals surface area contributed by atoms with E-state index >= 15 is 0 Å². The van der Waals surface area contributed by atoms with E-state index in [1.807, 2.05) is 0 Å². The van der Waals surface area contributed by atoms with Gasteiger partial charge in [-0.25, -0.2) is 26.8 Å². The first kappa shape index (κ1) is 22.1. The summed E-state index contributed by atoms with van der Waals surface area (Å²) in [5, 5.41) is 12.9. The molecule has 0 unspecified atom stereocenters. The minimum atomic E-state index is -4.58. The summed E-state index contributed by atoms with van der Waals surface area (Å²) in [6, 6.07) is 3.18. The third-order valence-corrected chi connectivity index (χ3v) is 5.32. The second-order valence-corrected chi connectivity index (χ2v) is 8.69. The topological polar surface area (TPSA) is 147 Å². The van der Waals surface area contributed by atoms with E-state index in [9.17, 15) is 36.7 Å². The third kappa shape index (κ3) is 3.81. The van der Waals surface area contributed by atoms with Gasteiger partial charge < -0.3 is 10.1 Å². The van der Waals surface area contributed by atoms with Gasteiger partial charge in [0.2, 0.25) is 0 Å². The molecule has 0 aliphatic carbocycles. The van der Waals surface area contributed by atoms with E-state index in [1.54, 1.807) is 13.8 Å². The van der Waals surface area contributed by atoms with E-state index in [1.165, 1.54) is 16.9 Å². The Morgan fingerprint density at radius 2 is 1.90 bits per heavy atom. The maximum atomic E-state index is 13.8. The Morgan fingerprint density at radius 3 is 2.42 bits per heavy atom. The van der Waals surface area contributed by atoms with E-state index in [0.717, 1.165) is 12.1 Å². The standard InChI is InChI=1S/C17H17F2N5O6S/c1-8(2)22-13(4-5-20-22)9-6-11-12(7-10(9)14(18)19)21-16(26)23(15(11)25)24(17(27)28)31(3,29)30/h4-8,14H,1-3H3,(H,21,26)(H,27,28). The first-order valence-corrected chi connectivity index (χ1v) is 10.6. The number of halogens is 2. The molecule has 1 amide bonds. The molecule has 0 saturated carbocycles. The number of alkyl halides is 2. The molecule has 0 aliphatic rings. The number of nitrogens with one attached hydrogen (secondary N) is 1. The monoisotopic (exact) mass is 457 g/mol. The Balaban J connectivity index is 2.45. The van der Waals surface area contributed by atoms with Crippen LogP contribution < -0.4 is 15.7 Å². The molecular formula is C17H17F2N5O6S. The number of aromatic nitrogens is 4. The quantitative estimate of drug-likeness (QED) is 0.592. The molecule has 166 valence electrons. The van der Waals surface area contributed by atoms with Crippen LogP contribution in [0, 0.1) is 0 Å². The molecule has 0 fully saturated rings. The summed E-state index contributed by atoms with van der Waals surface area (Å²) in [5.41, 5.74) is -3.37. The third-order valence-electron chi connectivity index (χ3n) is 4.38. The van der Waals surface area contributed by atoms with Crippen molar-refractivity contribution in [2.24, 2.45) is 0 Å². The van der Waals surface area contributed by atoms with Crippen LogP contribution in [0.15, 0.2) is 34.0 Å². The lowest BCUT2D eigenvalue weighted by Crippen LogP contribution is -2.55. The minimum absolute atomic E-state index is 0.0781. The van der Waals surface area contributed by atoms with Crippen molar-refractivity contribution < 1.29 is 27.1 Å². The number of hydrogen-bond donors (Lipinski definition) is 2.